The maximum Gasteiger partial charge on any atom is 0.193 e. The standard InChI is InChI=1S/C23H38N4O.HI/c1-5-24-22(27-13-11-21(18-27)26-14-16-28-17-15-26)25-12-10-19-6-8-20(9-7-19)23(2,3)4;/h6-9,21H,5,10-18H2,1-4H3,(H,24,25);1H. The largest absolute Gasteiger partial charge is 0.379 e. The van der Waals surface area contributed by atoms with Crippen LogP contribution in [0.4, 0.5) is 0 Å². The van der Waals surface area contributed by atoms with Crippen molar-refractivity contribution in [2.75, 3.05) is 52.5 Å². The topological polar surface area (TPSA) is 40.1 Å². The quantitative estimate of drug-likeness (QED) is 0.371. The van der Waals surface area contributed by atoms with E-state index in [-0.39, 0.29) is 29.4 Å². The second-order valence-corrected chi connectivity index (χ2v) is 8.97. The summed E-state index contributed by atoms with van der Waals surface area (Å²) in [4.78, 5) is 9.95. The monoisotopic (exact) mass is 514 g/mol. The van der Waals surface area contributed by atoms with Crippen molar-refractivity contribution >= 4 is 29.9 Å². The first-order valence-electron chi connectivity index (χ1n) is 10.9. The molecule has 1 aromatic rings. The van der Waals surface area contributed by atoms with Crippen LogP contribution in [0.5, 0.6) is 0 Å². The van der Waals surface area contributed by atoms with Crippen LogP contribution < -0.4 is 5.32 Å². The van der Waals surface area contributed by atoms with Gasteiger partial charge in [-0.3, -0.25) is 9.89 Å². The second-order valence-electron chi connectivity index (χ2n) is 8.97. The van der Waals surface area contributed by atoms with Gasteiger partial charge in [0.1, 0.15) is 0 Å². The number of likely N-dealkylation sites (tertiary alicyclic amines) is 1. The van der Waals surface area contributed by atoms with Gasteiger partial charge in [-0.25, -0.2) is 0 Å². The van der Waals surface area contributed by atoms with Crippen molar-refractivity contribution in [1.29, 1.82) is 0 Å². The van der Waals surface area contributed by atoms with Crippen LogP contribution in [0.3, 0.4) is 0 Å². The number of ether oxygens (including phenoxy) is 1. The summed E-state index contributed by atoms with van der Waals surface area (Å²) in [6, 6.07) is 9.67. The molecule has 1 N–H and O–H groups in total. The lowest BCUT2D eigenvalue weighted by atomic mass is 9.86. The summed E-state index contributed by atoms with van der Waals surface area (Å²) in [5.41, 5.74) is 2.96. The fraction of sp³-hybridized carbons (Fsp3) is 0.696. The molecule has 0 radical (unpaired) electrons. The van der Waals surface area contributed by atoms with Crippen molar-refractivity contribution in [2.24, 2.45) is 4.99 Å². The van der Waals surface area contributed by atoms with Crippen LogP contribution in [0.1, 0.15) is 45.2 Å². The van der Waals surface area contributed by atoms with E-state index >= 15 is 0 Å². The van der Waals surface area contributed by atoms with Gasteiger partial charge in [0.25, 0.3) is 0 Å². The minimum absolute atomic E-state index is 0. The molecule has 0 amide bonds. The highest BCUT2D eigenvalue weighted by Gasteiger charge is 2.30. The normalized spacial score (nSPS) is 21.2. The minimum Gasteiger partial charge on any atom is -0.379 e. The number of halogens is 1. The highest BCUT2D eigenvalue weighted by atomic mass is 127. The van der Waals surface area contributed by atoms with Crippen molar-refractivity contribution < 1.29 is 4.74 Å². The van der Waals surface area contributed by atoms with E-state index in [0.29, 0.717) is 6.04 Å². The molecule has 2 fully saturated rings. The summed E-state index contributed by atoms with van der Waals surface area (Å²) in [6.07, 6.45) is 2.21. The summed E-state index contributed by atoms with van der Waals surface area (Å²) in [7, 11) is 0. The van der Waals surface area contributed by atoms with E-state index in [4.69, 9.17) is 9.73 Å². The highest BCUT2D eigenvalue weighted by Crippen LogP contribution is 2.22. The molecule has 29 heavy (non-hydrogen) atoms. The number of guanidine groups is 1. The highest BCUT2D eigenvalue weighted by molar-refractivity contribution is 14.0. The number of hydrogen-bond acceptors (Lipinski definition) is 3. The lowest BCUT2D eigenvalue weighted by Crippen LogP contribution is -2.46. The molecule has 1 aromatic carbocycles. The molecule has 0 aliphatic carbocycles. The molecule has 2 heterocycles. The van der Waals surface area contributed by atoms with E-state index < -0.39 is 0 Å². The number of nitrogens with one attached hydrogen (secondary N) is 1. The second kappa shape index (κ2) is 11.5. The van der Waals surface area contributed by atoms with Gasteiger partial charge in [0.05, 0.1) is 13.2 Å². The Morgan fingerprint density at radius 1 is 1.14 bits per heavy atom. The number of hydrogen-bond donors (Lipinski definition) is 1. The maximum absolute atomic E-state index is 5.50. The third kappa shape index (κ3) is 7.10. The molecule has 1 unspecified atom stereocenters. The van der Waals surface area contributed by atoms with Crippen LogP contribution in [0.15, 0.2) is 29.3 Å². The van der Waals surface area contributed by atoms with Gasteiger partial charge < -0.3 is 15.0 Å². The van der Waals surface area contributed by atoms with E-state index in [9.17, 15) is 0 Å². The molecule has 6 heteroatoms. The lowest BCUT2D eigenvalue weighted by molar-refractivity contribution is 0.0195. The first kappa shape index (κ1) is 24.4. The van der Waals surface area contributed by atoms with E-state index in [1.54, 1.807) is 0 Å². The first-order chi connectivity index (χ1) is 13.5. The molecule has 1 atom stereocenters. The van der Waals surface area contributed by atoms with Crippen LogP contribution in [0.25, 0.3) is 0 Å². The Bertz CT molecular complexity index is 635. The predicted octanol–water partition coefficient (Wildman–Crippen LogP) is 3.52. The number of benzene rings is 1. The zero-order valence-corrected chi connectivity index (χ0v) is 20.9. The molecule has 164 valence electrons. The molecule has 3 rings (SSSR count). The molecule has 0 bridgehead atoms. The number of nitrogens with zero attached hydrogens (tertiary/aromatic N) is 3. The number of aliphatic imine (C=N–C) groups is 1. The van der Waals surface area contributed by atoms with Crippen molar-refractivity contribution in [1.82, 2.24) is 15.1 Å². The third-order valence-corrected chi connectivity index (χ3v) is 5.84. The van der Waals surface area contributed by atoms with Gasteiger partial charge >= 0.3 is 0 Å². The van der Waals surface area contributed by atoms with E-state index in [0.717, 1.165) is 64.9 Å². The summed E-state index contributed by atoms with van der Waals surface area (Å²) in [6.45, 7) is 16.7. The zero-order chi connectivity index (χ0) is 20.0. The van der Waals surface area contributed by atoms with Gasteiger partial charge in [-0.05, 0) is 36.3 Å². The van der Waals surface area contributed by atoms with E-state index in [1.165, 1.54) is 17.5 Å². The molecular weight excluding hydrogens is 475 g/mol. The average Bonchev–Trinajstić information content (AvgIpc) is 3.18. The van der Waals surface area contributed by atoms with Gasteiger partial charge in [0, 0.05) is 45.3 Å². The van der Waals surface area contributed by atoms with Crippen LogP contribution >= 0.6 is 24.0 Å². The molecule has 0 saturated carbocycles. The van der Waals surface area contributed by atoms with Crippen molar-refractivity contribution in [3.63, 3.8) is 0 Å². The van der Waals surface area contributed by atoms with Gasteiger partial charge in [0.15, 0.2) is 5.96 Å². The van der Waals surface area contributed by atoms with E-state index in [1.807, 2.05) is 0 Å². The molecule has 2 aliphatic heterocycles. The molecule has 0 spiro atoms. The Kier molecular flexibility index (Phi) is 9.69. The van der Waals surface area contributed by atoms with Gasteiger partial charge in [0.2, 0.25) is 0 Å². The summed E-state index contributed by atoms with van der Waals surface area (Å²) in [5.74, 6) is 1.07. The number of rotatable bonds is 5. The van der Waals surface area contributed by atoms with Crippen molar-refractivity contribution in [2.45, 2.75) is 52.0 Å². The van der Waals surface area contributed by atoms with Crippen LogP contribution in [0, 0.1) is 0 Å². The molecule has 5 nitrogen and oxygen atoms in total. The Morgan fingerprint density at radius 3 is 2.45 bits per heavy atom. The van der Waals surface area contributed by atoms with Gasteiger partial charge in [-0.2, -0.15) is 0 Å². The van der Waals surface area contributed by atoms with Crippen LogP contribution in [0.2, 0.25) is 0 Å². The molecule has 2 aliphatic rings. The Morgan fingerprint density at radius 2 is 1.83 bits per heavy atom. The maximum atomic E-state index is 5.50. The fourth-order valence-corrected chi connectivity index (χ4v) is 4.06. The lowest BCUT2D eigenvalue weighted by Gasteiger charge is -2.32. The zero-order valence-electron chi connectivity index (χ0n) is 18.6. The summed E-state index contributed by atoms with van der Waals surface area (Å²) < 4.78 is 5.50. The smallest absolute Gasteiger partial charge is 0.193 e. The van der Waals surface area contributed by atoms with E-state index in [2.05, 4.69) is 67.1 Å². The molecule has 0 aromatic heterocycles. The first-order valence-corrected chi connectivity index (χ1v) is 10.9. The molecular formula is C23H39IN4O. The van der Waals surface area contributed by atoms with Crippen molar-refractivity contribution in [3.05, 3.63) is 35.4 Å². The Hall–Kier alpha value is -0.860. The summed E-state index contributed by atoms with van der Waals surface area (Å²) >= 11 is 0. The summed E-state index contributed by atoms with van der Waals surface area (Å²) in [5, 5.41) is 3.50. The number of morpholine rings is 1. The van der Waals surface area contributed by atoms with Crippen molar-refractivity contribution in [3.8, 4) is 0 Å². The fourth-order valence-electron chi connectivity index (χ4n) is 4.06. The average molecular weight is 514 g/mol. The van der Waals surface area contributed by atoms with Crippen LogP contribution in [-0.4, -0.2) is 74.3 Å². The predicted molar refractivity (Wildman–Crippen MR) is 133 cm³/mol. The minimum atomic E-state index is 0. The van der Waals surface area contributed by atoms with Crippen LogP contribution in [-0.2, 0) is 16.6 Å². The molecule has 2 saturated heterocycles. The Labute approximate surface area is 194 Å². The SMILES string of the molecule is CCNC(=NCCc1ccc(C(C)(C)C)cc1)N1CCC(N2CCOCC2)C1.I. The van der Waals surface area contributed by atoms with Gasteiger partial charge in [-0.1, -0.05) is 45.0 Å². The Balaban J connectivity index is 0.00000300. The van der Waals surface area contributed by atoms with Gasteiger partial charge in [-0.15, -0.1) is 24.0 Å². The third-order valence-electron chi connectivity index (χ3n) is 5.84.